The molecule has 1 atom stereocenters. The SMILES string of the molecule is COCC(C)n1c(N)nc2ccc(Cl)c(C)c21. The van der Waals surface area contributed by atoms with Gasteiger partial charge < -0.3 is 15.0 Å². The number of rotatable bonds is 3. The van der Waals surface area contributed by atoms with Gasteiger partial charge in [0.05, 0.1) is 23.7 Å². The summed E-state index contributed by atoms with van der Waals surface area (Å²) in [5.41, 5.74) is 8.81. The number of methoxy groups -OCH3 is 1. The van der Waals surface area contributed by atoms with Crippen LogP contribution in [0.4, 0.5) is 5.95 Å². The van der Waals surface area contributed by atoms with Crippen molar-refractivity contribution in [1.29, 1.82) is 0 Å². The Balaban J connectivity index is 2.68. The Morgan fingerprint density at radius 2 is 2.24 bits per heavy atom. The number of anilines is 1. The van der Waals surface area contributed by atoms with E-state index in [1.807, 2.05) is 30.5 Å². The number of imidazole rings is 1. The lowest BCUT2D eigenvalue weighted by molar-refractivity contribution is 0.164. The molecule has 2 N–H and O–H groups in total. The quantitative estimate of drug-likeness (QED) is 0.915. The lowest BCUT2D eigenvalue weighted by atomic mass is 10.2. The Hall–Kier alpha value is -1.26. The van der Waals surface area contributed by atoms with Crippen LogP contribution in [0.3, 0.4) is 0 Å². The summed E-state index contributed by atoms with van der Waals surface area (Å²) in [6.07, 6.45) is 0. The third-order valence-corrected chi connectivity index (χ3v) is 3.32. The van der Waals surface area contributed by atoms with Crippen LogP contribution >= 0.6 is 11.6 Å². The van der Waals surface area contributed by atoms with Crippen LogP contribution < -0.4 is 5.73 Å². The average molecular weight is 254 g/mol. The van der Waals surface area contributed by atoms with Crippen molar-refractivity contribution in [3.63, 3.8) is 0 Å². The fourth-order valence-electron chi connectivity index (χ4n) is 2.11. The van der Waals surface area contributed by atoms with Crippen LogP contribution in [0.1, 0.15) is 18.5 Å². The highest BCUT2D eigenvalue weighted by Crippen LogP contribution is 2.29. The largest absolute Gasteiger partial charge is 0.383 e. The third-order valence-electron chi connectivity index (χ3n) is 2.91. The second-order valence-corrected chi connectivity index (χ2v) is 4.59. The van der Waals surface area contributed by atoms with Crippen LogP contribution in [0.5, 0.6) is 0 Å². The van der Waals surface area contributed by atoms with Crippen molar-refractivity contribution < 1.29 is 4.74 Å². The molecule has 2 rings (SSSR count). The van der Waals surface area contributed by atoms with Crippen molar-refractivity contribution in [2.75, 3.05) is 19.5 Å². The van der Waals surface area contributed by atoms with Gasteiger partial charge in [-0.1, -0.05) is 11.6 Å². The summed E-state index contributed by atoms with van der Waals surface area (Å²) in [5, 5.41) is 0.725. The molecule has 0 amide bonds. The molecule has 0 aliphatic heterocycles. The van der Waals surface area contributed by atoms with E-state index in [0.717, 1.165) is 21.6 Å². The van der Waals surface area contributed by atoms with E-state index in [-0.39, 0.29) is 6.04 Å². The molecule has 0 bridgehead atoms. The first-order valence-corrected chi connectivity index (χ1v) is 5.85. The molecule has 5 heteroatoms. The van der Waals surface area contributed by atoms with Gasteiger partial charge in [-0.2, -0.15) is 0 Å². The minimum Gasteiger partial charge on any atom is -0.383 e. The number of benzene rings is 1. The zero-order valence-corrected chi connectivity index (χ0v) is 11.0. The summed E-state index contributed by atoms with van der Waals surface area (Å²) in [7, 11) is 1.67. The molecule has 2 aromatic rings. The Kier molecular flexibility index (Phi) is 3.26. The lowest BCUT2D eigenvalue weighted by Gasteiger charge is -2.16. The van der Waals surface area contributed by atoms with Gasteiger partial charge in [0.2, 0.25) is 5.95 Å². The molecule has 0 fully saturated rings. The third kappa shape index (κ3) is 1.98. The van der Waals surface area contributed by atoms with Gasteiger partial charge in [-0.3, -0.25) is 0 Å². The first-order chi connectivity index (χ1) is 8.06. The van der Waals surface area contributed by atoms with Crippen molar-refractivity contribution >= 4 is 28.6 Å². The molecule has 0 spiro atoms. The molecule has 1 aromatic carbocycles. The molecule has 0 aliphatic rings. The second kappa shape index (κ2) is 4.55. The van der Waals surface area contributed by atoms with Crippen LogP contribution in [0, 0.1) is 6.92 Å². The molecular formula is C12H16ClN3O. The number of ether oxygens (including phenoxy) is 1. The summed E-state index contributed by atoms with van der Waals surface area (Å²) in [4.78, 5) is 4.34. The van der Waals surface area contributed by atoms with E-state index < -0.39 is 0 Å². The fraction of sp³-hybridized carbons (Fsp3) is 0.417. The van der Waals surface area contributed by atoms with E-state index in [9.17, 15) is 0 Å². The highest BCUT2D eigenvalue weighted by molar-refractivity contribution is 6.32. The molecule has 0 radical (unpaired) electrons. The highest BCUT2D eigenvalue weighted by Gasteiger charge is 2.16. The molecule has 1 aromatic heterocycles. The first kappa shape index (κ1) is 12.2. The van der Waals surface area contributed by atoms with Crippen LogP contribution in [-0.2, 0) is 4.74 Å². The fourth-order valence-corrected chi connectivity index (χ4v) is 2.26. The zero-order valence-electron chi connectivity index (χ0n) is 10.2. The number of hydrogen-bond donors (Lipinski definition) is 1. The van der Waals surface area contributed by atoms with Crippen molar-refractivity contribution in [3.05, 3.63) is 22.7 Å². The maximum Gasteiger partial charge on any atom is 0.201 e. The standard InChI is InChI=1S/C12H16ClN3O/c1-7(6-17-3)16-11-8(2)9(13)4-5-10(11)15-12(16)14/h4-5,7H,6H2,1-3H3,(H2,14,15). The molecule has 4 nitrogen and oxygen atoms in total. The van der Waals surface area contributed by atoms with Crippen molar-refractivity contribution in [2.24, 2.45) is 0 Å². The van der Waals surface area contributed by atoms with Gasteiger partial charge >= 0.3 is 0 Å². The van der Waals surface area contributed by atoms with Crippen LogP contribution in [0.25, 0.3) is 11.0 Å². The number of nitrogen functional groups attached to an aromatic ring is 1. The number of aromatic nitrogens is 2. The molecule has 1 unspecified atom stereocenters. The van der Waals surface area contributed by atoms with Crippen molar-refractivity contribution in [2.45, 2.75) is 19.9 Å². The van der Waals surface area contributed by atoms with Gasteiger partial charge in [0.15, 0.2) is 0 Å². The van der Waals surface area contributed by atoms with E-state index in [2.05, 4.69) is 4.98 Å². The molecule has 0 saturated heterocycles. The Labute approximate surface area is 105 Å². The summed E-state index contributed by atoms with van der Waals surface area (Å²) >= 11 is 6.14. The number of nitrogens with zero attached hydrogens (tertiary/aromatic N) is 2. The maximum atomic E-state index is 6.14. The lowest BCUT2D eigenvalue weighted by Crippen LogP contribution is -2.14. The number of nitrogens with two attached hydrogens (primary N) is 1. The summed E-state index contributed by atoms with van der Waals surface area (Å²) in [5.74, 6) is 0.495. The highest BCUT2D eigenvalue weighted by atomic mass is 35.5. The predicted octanol–water partition coefficient (Wildman–Crippen LogP) is 2.79. The van der Waals surface area contributed by atoms with Gasteiger partial charge in [-0.05, 0) is 31.5 Å². The minimum absolute atomic E-state index is 0.127. The molecular weight excluding hydrogens is 238 g/mol. The topological polar surface area (TPSA) is 53.1 Å². The predicted molar refractivity (Wildman–Crippen MR) is 70.5 cm³/mol. The molecule has 92 valence electrons. The maximum absolute atomic E-state index is 6.14. The van der Waals surface area contributed by atoms with E-state index >= 15 is 0 Å². The van der Waals surface area contributed by atoms with E-state index in [1.54, 1.807) is 7.11 Å². The molecule has 1 heterocycles. The van der Waals surface area contributed by atoms with Gasteiger partial charge in [0.25, 0.3) is 0 Å². The normalized spacial score (nSPS) is 13.2. The van der Waals surface area contributed by atoms with Crippen LogP contribution in [-0.4, -0.2) is 23.3 Å². The smallest absolute Gasteiger partial charge is 0.201 e. The summed E-state index contributed by atoms with van der Waals surface area (Å²) < 4.78 is 7.14. The van der Waals surface area contributed by atoms with E-state index in [1.165, 1.54) is 0 Å². The first-order valence-electron chi connectivity index (χ1n) is 5.47. The van der Waals surface area contributed by atoms with E-state index in [4.69, 9.17) is 22.1 Å². The van der Waals surface area contributed by atoms with Crippen molar-refractivity contribution in [3.8, 4) is 0 Å². The summed E-state index contributed by atoms with van der Waals surface area (Å²) in [6.45, 7) is 4.60. The van der Waals surface area contributed by atoms with Gasteiger partial charge in [-0.15, -0.1) is 0 Å². The number of hydrogen-bond acceptors (Lipinski definition) is 3. The monoisotopic (exact) mass is 253 g/mol. The Morgan fingerprint density at radius 3 is 2.88 bits per heavy atom. The van der Waals surface area contributed by atoms with Gasteiger partial charge in [-0.25, -0.2) is 4.98 Å². The van der Waals surface area contributed by atoms with Crippen molar-refractivity contribution in [1.82, 2.24) is 9.55 Å². The van der Waals surface area contributed by atoms with Gasteiger partial charge in [0.1, 0.15) is 0 Å². The molecule has 17 heavy (non-hydrogen) atoms. The minimum atomic E-state index is 0.127. The number of fused-ring (bicyclic) bond motifs is 1. The summed E-state index contributed by atoms with van der Waals surface area (Å²) in [6, 6.07) is 3.86. The average Bonchev–Trinajstić information content (AvgIpc) is 2.61. The van der Waals surface area contributed by atoms with Crippen LogP contribution in [0.2, 0.25) is 5.02 Å². The zero-order chi connectivity index (χ0) is 12.6. The molecule has 0 saturated carbocycles. The molecule has 0 aliphatic carbocycles. The number of halogens is 1. The Bertz CT molecular complexity index is 550. The second-order valence-electron chi connectivity index (χ2n) is 4.18. The van der Waals surface area contributed by atoms with Crippen LogP contribution in [0.15, 0.2) is 12.1 Å². The van der Waals surface area contributed by atoms with E-state index in [0.29, 0.717) is 12.6 Å². The Morgan fingerprint density at radius 1 is 1.53 bits per heavy atom. The number of aryl methyl sites for hydroxylation is 1. The van der Waals surface area contributed by atoms with Gasteiger partial charge in [0, 0.05) is 12.1 Å².